The summed E-state index contributed by atoms with van der Waals surface area (Å²) in [6.07, 6.45) is 0. The quantitative estimate of drug-likeness (QED) is 0.695. The molecule has 0 unspecified atom stereocenters. The van der Waals surface area contributed by atoms with E-state index in [-0.39, 0.29) is 5.91 Å². The second-order valence-corrected chi connectivity index (χ2v) is 8.10. The maximum atomic E-state index is 12.9. The first-order chi connectivity index (χ1) is 12.6. The van der Waals surface area contributed by atoms with Gasteiger partial charge in [-0.25, -0.2) is 0 Å². The predicted molar refractivity (Wildman–Crippen MR) is 105 cm³/mol. The van der Waals surface area contributed by atoms with Crippen molar-refractivity contribution in [2.75, 3.05) is 19.8 Å². The molecule has 0 saturated heterocycles. The molecule has 1 aliphatic heterocycles. The smallest absolute Gasteiger partial charge is 0.254 e. The summed E-state index contributed by atoms with van der Waals surface area (Å²) in [5.74, 6) is 1.55. The fourth-order valence-corrected chi connectivity index (χ4v) is 3.76. The molecule has 0 N–H and O–H groups in total. The Hall–Kier alpha value is -2.14. The van der Waals surface area contributed by atoms with Crippen molar-refractivity contribution in [3.63, 3.8) is 0 Å². The molecule has 26 heavy (non-hydrogen) atoms. The monoisotopic (exact) mass is 371 g/mol. The lowest BCUT2D eigenvalue weighted by atomic mass is 10.1. The van der Waals surface area contributed by atoms with E-state index in [1.807, 2.05) is 54.3 Å². The maximum Gasteiger partial charge on any atom is 0.254 e. The Morgan fingerprint density at radius 3 is 2.54 bits per heavy atom. The van der Waals surface area contributed by atoms with Crippen molar-refractivity contribution in [1.82, 2.24) is 4.90 Å². The fraction of sp³-hybridized carbons (Fsp3) is 0.381. The first-order valence-electron chi connectivity index (χ1n) is 9.02. The predicted octanol–water partition coefficient (Wildman–Crippen LogP) is 4.62. The van der Waals surface area contributed by atoms with Crippen LogP contribution in [-0.2, 0) is 6.54 Å². The van der Waals surface area contributed by atoms with Crippen LogP contribution in [0.25, 0.3) is 0 Å². The molecule has 0 spiro atoms. The van der Waals surface area contributed by atoms with Crippen LogP contribution < -0.4 is 9.47 Å². The molecule has 0 saturated carbocycles. The largest absolute Gasteiger partial charge is 0.486 e. The molecule has 1 aliphatic rings. The van der Waals surface area contributed by atoms with Crippen LogP contribution in [0.2, 0.25) is 0 Å². The molecule has 2 aromatic carbocycles. The summed E-state index contributed by atoms with van der Waals surface area (Å²) in [7, 11) is 0. The average molecular weight is 372 g/mol. The van der Waals surface area contributed by atoms with E-state index in [0.29, 0.717) is 37.1 Å². The lowest BCUT2D eigenvalue weighted by molar-refractivity contribution is 0.0749. The summed E-state index contributed by atoms with van der Waals surface area (Å²) in [5, 5.41) is 0.523. The Labute approximate surface area is 159 Å². The van der Waals surface area contributed by atoms with Crippen LogP contribution in [0, 0.1) is 0 Å². The second kappa shape index (κ2) is 8.49. The Balaban J connectivity index is 1.75. The summed E-state index contributed by atoms with van der Waals surface area (Å²) in [6, 6.07) is 13.7. The van der Waals surface area contributed by atoms with Crippen molar-refractivity contribution in [3.8, 4) is 11.5 Å². The van der Waals surface area contributed by atoms with Crippen LogP contribution in [0.5, 0.6) is 11.5 Å². The topological polar surface area (TPSA) is 38.8 Å². The summed E-state index contributed by atoms with van der Waals surface area (Å²) in [6.45, 7) is 8.56. The molecule has 2 aromatic rings. The van der Waals surface area contributed by atoms with Gasteiger partial charge < -0.3 is 14.4 Å². The van der Waals surface area contributed by atoms with E-state index in [1.54, 1.807) is 11.8 Å². The number of benzene rings is 2. The lowest BCUT2D eigenvalue weighted by Crippen LogP contribution is -2.30. The average Bonchev–Trinajstić information content (AvgIpc) is 2.66. The van der Waals surface area contributed by atoms with Crippen LogP contribution in [-0.4, -0.2) is 35.8 Å². The van der Waals surface area contributed by atoms with Gasteiger partial charge in [-0.1, -0.05) is 26.0 Å². The van der Waals surface area contributed by atoms with Gasteiger partial charge in [0.25, 0.3) is 5.91 Å². The highest BCUT2D eigenvalue weighted by Crippen LogP contribution is 2.34. The molecular formula is C21H25NO3S. The zero-order valence-corrected chi connectivity index (χ0v) is 16.3. The molecule has 0 fully saturated rings. The SMILES string of the molecule is CCN(Cc1cccc2c1OCCO2)C(=O)c1ccc(SC(C)C)cc1. The van der Waals surface area contributed by atoms with Gasteiger partial charge in [-0.05, 0) is 37.3 Å². The van der Waals surface area contributed by atoms with Gasteiger partial charge in [-0.2, -0.15) is 0 Å². The molecule has 1 amide bonds. The van der Waals surface area contributed by atoms with Gasteiger partial charge in [0.15, 0.2) is 11.5 Å². The standard InChI is InChI=1S/C21H25NO3S/c1-4-22(14-17-6-5-7-19-20(17)25-13-12-24-19)21(23)16-8-10-18(11-9-16)26-15(2)3/h5-11,15H,4,12-14H2,1-3H3. The van der Waals surface area contributed by atoms with Crippen molar-refractivity contribution in [3.05, 3.63) is 53.6 Å². The number of rotatable bonds is 6. The number of para-hydroxylation sites is 1. The summed E-state index contributed by atoms with van der Waals surface area (Å²) in [5.41, 5.74) is 1.69. The van der Waals surface area contributed by atoms with E-state index in [1.165, 1.54) is 4.90 Å². The number of nitrogens with zero attached hydrogens (tertiary/aromatic N) is 1. The Morgan fingerprint density at radius 2 is 1.85 bits per heavy atom. The first-order valence-corrected chi connectivity index (χ1v) is 9.90. The number of hydrogen-bond acceptors (Lipinski definition) is 4. The van der Waals surface area contributed by atoms with Crippen molar-refractivity contribution in [2.24, 2.45) is 0 Å². The minimum atomic E-state index is 0.0305. The zero-order valence-electron chi connectivity index (χ0n) is 15.5. The van der Waals surface area contributed by atoms with E-state index in [2.05, 4.69) is 13.8 Å². The van der Waals surface area contributed by atoms with Crippen LogP contribution in [0.15, 0.2) is 47.4 Å². The van der Waals surface area contributed by atoms with E-state index >= 15 is 0 Å². The van der Waals surface area contributed by atoms with Gasteiger partial charge in [0.05, 0.1) is 0 Å². The molecular weight excluding hydrogens is 346 g/mol. The highest BCUT2D eigenvalue weighted by Gasteiger charge is 2.20. The third-order valence-electron chi connectivity index (χ3n) is 4.15. The van der Waals surface area contributed by atoms with E-state index in [0.717, 1.165) is 17.1 Å². The summed E-state index contributed by atoms with van der Waals surface area (Å²) < 4.78 is 11.4. The molecule has 0 radical (unpaired) electrons. The maximum absolute atomic E-state index is 12.9. The van der Waals surface area contributed by atoms with Gasteiger partial charge in [-0.3, -0.25) is 4.79 Å². The number of amides is 1. The Bertz CT molecular complexity index is 758. The second-order valence-electron chi connectivity index (χ2n) is 6.45. The number of ether oxygens (including phenoxy) is 2. The van der Waals surface area contributed by atoms with E-state index in [4.69, 9.17) is 9.47 Å². The van der Waals surface area contributed by atoms with Gasteiger partial charge in [0, 0.05) is 34.4 Å². The lowest BCUT2D eigenvalue weighted by Gasteiger charge is -2.25. The third-order valence-corrected chi connectivity index (χ3v) is 5.17. The van der Waals surface area contributed by atoms with Crippen molar-refractivity contribution in [2.45, 2.75) is 37.5 Å². The Morgan fingerprint density at radius 1 is 1.12 bits per heavy atom. The molecule has 3 rings (SSSR count). The number of hydrogen-bond donors (Lipinski definition) is 0. The zero-order chi connectivity index (χ0) is 18.5. The molecule has 5 heteroatoms. The van der Waals surface area contributed by atoms with E-state index < -0.39 is 0 Å². The van der Waals surface area contributed by atoms with Crippen LogP contribution >= 0.6 is 11.8 Å². The molecule has 4 nitrogen and oxygen atoms in total. The van der Waals surface area contributed by atoms with Gasteiger partial charge >= 0.3 is 0 Å². The number of thioether (sulfide) groups is 1. The van der Waals surface area contributed by atoms with Crippen LogP contribution in [0.4, 0.5) is 0 Å². The van der Waals surface area contributed by atoms with Gasteiger partial charge in [0.2, 0.25) is 0 Å². The fourth-order valence-electron chi connectivity index (χ4n) is 2.92. The molecule has 0 aromatic heterocycles. The molecule has 0 aliphatic carbocycles. The molecule has 1 heterocycles. The third kappa shape index (κ3) is 4.33. The Kier molecular flexibility index (Phi) is 6.09. The van der Waals surface area contributed by atoms with E-state index in [9.17, 15) is 4.79 Å². The van der Waals surface area contributed by atoms with Crippen molar-refractivity contribution < 1.29 is 14.3 Å². The molecule has 138 valence electrons. The van der Waals surface area contributed by atoms with Crippen molar-refractivity contribution >= 4 is 17.7 Å². The molecule has 0 atom stereocenters. The van der Waals surface area contributed by atoms with Gasteiger partial charge in [-0.15, -0.1) is 11.8 Å². The number of carbonyl (C=O) groups is 1. The van der Waals surface area contributed by atoms with Gasteiger partial charge in [0.1, 0.15) is 13.2 Å². The van der Waals surface area contributed by atoms with Crippen LogP contribution in [0.1, 0.15) is 36.7 Å². The van der Waals surface area contributed by atoms with Crippen molar-refractivity contribution in [1.29, 1.82) is 0 Å². The first kappa shape index (κ1) is 18.6. The van der Waals surface area contributed by atoms with Crippen LogP contribution in [0.3, 0.4) is 0 Å². The highest BCUT2D eigenvalue weighted by molar-refractivity contribution is 7.99. The normalized spacial score (nSPS) is 12.9. The number of fused-ring (bicyclic) bond motifs is 1. The number of carbonyl (C=O) groups excluding carboxylic acids is 1. The highest BCUT2D eigenvalue weighted by atomic mass is 32.2. The minimum absolute atomic E-state index is 0.0305. The minimum Gasteiger partial charge on any atom is -0.486 e. The summed E-state index contributed by atoms with van der Waals surface area (Å²) >= 11 is 1.80. The summed E-state index contributed by atoms with van der Waals surface area (Å²) in [4.78, 5) is 15.9. The molecule has 0 bridgehead atoms.